The molecule has 2 amide bonds. The largest absolute Gasteiger partial charge is 0.460 e. The van der Waals surface area contributed by atoms with E-state index in [2.05, 4.69) is 89.4 Å². The molecule has 0 unspecified atom stereocenters. The van der Waals surface area contributed by atoms with Crippen molar-refractivity contribution >= 4 is 101 Å². The molecule has 0 atom stereocenters. The lowest BCUT2D eigenvalue weighted by Gasteiger charge is -2.38. The number of piperazine rings is 4. The first kappa shape index (κ1) is 81.5. The first-order chi connectivity index (χ1) is 50.2. The van der Waals surface area contributed by atoms with Crippen LogP contribution in [0.25, 0.3) is 0 Å². The molecule has 5 aliphatic heterocycles. The number of aliphatic hydroxyl groups is 1. The summed E-state index contributed by atoms with van der Waals surface area (Å²) >= 11 is 6.69. The number of amides is 2. The number of ether oxygens (including phenoxy) is 5. The molecule has 5 aliphatic rings. The molecule has 0 spiro atoms. The predicted octanol–water partition coefficient (Wildman–Crippen LogP) is 3.11. The Bertz CT molecular complexity index is 3380. The van der Waals surface area contributed by atoms with Gasteiger partial charge in [-0.3, -0.25) is 9.59 Å². The number of hydrogen-bond donors (Lipinski definition) is 5. The predicted molar refractivity (Wildman–Crippen MR) is 406 cm³/mol. The zero-order valence-corrected chi connectivity index (χ0v) is 65.5. The van der Waals surface area contributed by atoms with Gasteiger partial charge in [0.1, 0.15) is 22.4 Å². The van der Waals surface area contributed by atoms with E-state index in [4.69, 9.17) is 85.1 Å². The van der Waals surface area contributed by atoms with Crippen molar-refractivity contribution in [2.45, 2.75) is 131 Å². The van der Waals surface area contributed by atoms with Crippen molar-refractivity contribution in [3.8, 4) is 0 Å². The van der Waals surface area contributed by atoms with Crippen LogP contribution < -0.4 is 65.4 Å². The summed E-state index contributed by atoms with van der Waals surface area (Å²) in [6.07, 6.45) is 0.0923. The van der Waals surface area contributed by atoms with Crippen LogP contribution in [0.1, 0.15) is 109 Å². The first-order valence-electron chi connectivity index (χ1n) is 37.1. The number of piperidine rings is 1. The van der Waals surface area contributed by atoms with Crippen molar-refractivity contribution in [3.63, 3.8) is 0 Å². The van der Waals surface area contributed by atoms with E-state index in [0.717, 1.165) is 64.3 Å². The molecule has 9 heterocycles. The summed E-state index contributed by atoms with van der Waals surface area (Å²) in [6, 6.07) is 0. The number of aromatic nitrogens is 12. The lowest BCUT2D eigenvalue weighted by molar-refractivity contribution is -0.155. The standard InChI is InChI=1S/C68H114ClN27O10/c1-65(2,3)103-49(98)17-24-89(25-18-50(99)104-66(4,5)6)58-80-57(81-59(82-58)90(26-19-71-63(100)105-67(7,8)9)27-20-72-64(101)106-68(10,11)12)88-22-15-48(16-23-88)47-73-53-74-51(69)75-54(78-53)93-36-38-94(39-37-93)55-76-52(70-21-45-102-46-44-97)77-56(79-55)95-40-42-96(43-41-95)62-84-60(91-32-28-86(13)29-33-91)83-61(85-62)92-34-30-87(14)31-35-92/h48,97H,15-47H2,1-14H3,(H,71,100)(H,72,101)(H,70,76,77,79)(H,73,74,75,78). The van der Waals surface area contributed by atoms with Gasteiger partial charge in [-0.25, -0.2) is 9.59 Å². The second kappa shape index (κ2) is 37.3. The van der Waals surface area contributed by atoms with Gasteiger partial charge in [-0.05, 0) is 128 Å². The summed E-state index contributed by atoms with van der Waals surface area (Å²) in [5, 5.41) is 21.8. The Morgan fingerprint density at radius 1 is 0.415 bits per heavy atom. The van der Waals surface area contributed by atoms with Crippen molar-refractivity contribution in [1.29, 1.82) is 0 Å². The van der Waals surface area contributed by atoms with Gasteiger partial charge in [-0.15, -0.1) is 0 Å². The van der Waals surface area contributed by atoms with E-state index in [1.807, 2.05) is 4.90 Å². The Morgan fingerprint density at radius 3 is 1.14 bits per heavy atom. The van der Waals surface area contributed by atoms with Gasteiger partial charge in [-0.1, -0.05) is 0 Å². The van der Waals surface area contributed by atoms with E-state index in [9.17, 15) is 24.3 Å². The number of nitrogens with zero attached hydrogens (tertiary/aromatic N) is 23. The zero-order valence-electron chi connectivity index (χ0n) is 64.7. The number of esters is 2. The van der Waals surface area contributed by atoms with Crippen molar-refractivity contribution in [2.24, 2.45) is 5.92 Å². The monoisotopic (exact) mass is 1500 g/mol. The summed E-state index contributed by atoms with van der Waals surface area (Å²) in [5.41, 5.74) is -2.97. The molecule has 0 aliphatic carbocycles. The fraction of sp³-hybridized carbons (Fsp3) is 0.765. The fourth-order valence-electron chi connectivity index (χ4n) is 12.1. The van der Waals surface area contributed by atoms with E-state index in [0.29, 0.717) is 140 Å². The molecule has 9 rings (SSSR count). The average Bonchev–Trinajstić information content (AvgIpc) is 0.797. The van der Waals surface area contributed by atoms with E-state index in [1.165, 1.54) is 0 Å². The number of carbonyl (C=O) groups excluding carboxylic acids is 4. The highest BCUT2D eigenvalue weighted by atomic mass is 35.5. The van der Waals surface area contributed by atoms with Crippen LogP contribution in [0.4, 0.5) is 75.0 Å². The number of alkyl carbamates (subject to hydrolysis) is 2. The van der Waals surface area contributed by atoms with Crippen LogP contribution in [0.2, 0.25) is 5.28 Å². The summed E-state index contributed by atoms with van der Waals surface area (Å²) < 4.78 is 28.1. The second-order valence-corrected chi connectivity index (χ2v) is 31.4. The first-order valence-corrected chi connectivity index (χ1v) is 37.5. The summed E-state index contributed by atoms with van der Waals surface area (Å²) in [6.45, 7) is 36.5. The molecule has 5 N–H and O–H groups in total. The summed E-state index contributed by atoms with van der Waals surface area (Å²) in [7, 11) is 4.29. The second-order valence-electron chi connectivity index (χ2n) is 31.1. The van der Waals surface area contributed by atoms with Gasteiger partial charge in [0.15, 0.2) is 0 Å². The molecule has 106 heavy (non-hydrogen) atoms. The van der Waals surface area contributed by atoms with Crippen LogP contribution in [0.3, 0.4) is 0 Å². The van der Waals surface area contributed by atoms with E-state index >= 15 is 0 Å². The Balaban J connectivity index is 0.870. The van der Waals surface area contributed by atoms with Crippen LogP contribution in [-0.2, 0) is 33.3 Å². The maximum Gasteiger partial charge on any atom is 0.407 e. The molecular weight excluding hydrogens is 1390 g/mol. The topological polar surface area (TPSA) is 373 Å². The highest BCUT2D eigenvalue weighted by Crippen LogP contribution is 2.29. The Labute approximate surface area is 628 Å². The van der Waals surface area contributed by atoms with Gasteiger partial charge >= 0.3 is 24.1 Å². The molecule has 38 heteroatoms. The van der Waals surface area contributed by atoms with E-state index < -0.39 is 46.5 Å². The van der Waals surface area contributed by atoms with Gasteiger partial charge in [-0.2, -0.15) is 59.8 Å². The van der Waals surface area contributed by atoms with E-state index in [1.54, 1.807) is 88.0 Å². The van der Waals surface area contributed by atoms with Crippen LogP contribution in [0.15, 0.2) is 0 Å². The SMILES string of the molecule is CN1CCN(c2nc(N3CCN(C)CC3)nc(N3CCN(c4nc(NCCOCCO)nc(N5CCN(c6nc(Cl)nc(NCC7CCN(c8nc(N(CCNC(=O)OC(C)(C)C)CCNC(=O)OC(C)(C)C)nc(N(CCC(=O)OC(C)(C)C)CCC(=O)OC(C)(C)C)n8)CC7)n6)CC5)n4)CC3)n2)CC1. The normalized spacial score (nSPS) is 16.9. The number of halogens is 1. The molecule has 0 radical (unpaired) electrons. The molecule has 5 saturated heterocycles. The fourth-order valence-corrected chi connectivity index (χ4v) is 12.2. The molecule has 0 bridgehead atoms. The summed E-state index contributed by atoms with van der Waals surface area (Å²) in [5.74, 6) is 4.40. The number of aliphatic hydroxyl groups excluding tert-OH is 1. The molecule has 588 valence electrons. The minimum Gasteiger partial charge on any atom is -0.460 e. The Morgan fingerprint density at radius 2 is 0.755 bits per heavy atom. The average molecular weight is 1510 g/mol. The minimum atomic E-state index is -0.743. The molecule has 0 saturated carbocycles. The molecule has 0 aromatic carbocycles. The third kappa shape index (κ3) is 26.4. The Hall–Kier alpha value is -8.55. The lowest BCUT2D eigenvalue weighted by atomic mass is 9.97. The number of hydrogen-bond acceptors (Lipinski definition) is 35. The summed E-state index contributed by atoms with van der Waals surface area (Å²) in [4.78, 5) is 135. The number of nitrogens with one attached hydrogen (secondary N) is 4. The van der Waals surface area contributed by atoms with Crippen molar-refractivity contribution in [3.05, 3.63) is 5.28 Å². The maximum atomic E-state index is 13.3. The lowest BCUT2D eigenvalue weighted by Crippen LogP contribution is -2.50. The van der Waals surface area contributed by atoms with Gasteiger partial charge in [0, 0.05) is 170 Å². The highest BCUT2D eigenvalue weighted by Gasteiger charge is 2.33. The van der Waals surface area contributed by atoms with Gasteiger partial charge in [0.05, 0.1) is 32.7 Å². The Kier molecular flexibility index (Phi) is 28.7. The minimum absolute atomic E-state index is 0.0510. The van der Waals surface area contributed by atoms with E-state index in [-0.39, 0.29) is 88.4 Å². The quantitative estimate of drug-likeness (QED) is 0.0284. The number of rotatable bonds is 30. The van der Waals surface area contributed by atoms with Crippen molar-refractivity contribution in [1.82, 2.24) is 80.2 Å². The smallest absolute Gasteiger partial charge is 0.407 e. The third-order valence-corrected chi connectivity index (χ3v) is 17.7. The highest BCUT2D eigenvalue weighted by molar-refractivity contribution is 6.28. The van der Waals surface area contributed by atoms with Crippen LogP contribution in [0.5, 0.6) is 0 Å². The molecular formula is C68H114ClN27O10. The third-order valence-electron chi connectivity index (χ3n) is 17.6. The van der Waals surface area contributed by atoms with Crippen LogP contribution in [0, 0.1) is 5.92 Å². The van der Waals surface area contributed by atoms with Gasteiger partial charge < -0.3 is 104 Å². The molecule has 5 fully saturated rings. The molecule has 37 nitrogen and oxygen atoms in total. The zero-order chi connectivity index (χ0) is 76.3. The maximum absolute atomic E-state index is 13.3. The van der Waals surface area contributed by atoms with Gasteiger partial charge in [0.25, 0.3) is 0 Å². The van der Waals surface area contributed by atoms with Crippen molar-refractivity contribution < 1.29 is 48.0 Å². The molecule has 4 aromatic rings. The van der Waals surface area contributed by atoms with Crippen LogP contribution in [-0.4, -0.2) is 325 Å². The number of likely N-dealkylation sites (N-methyl/N-ethyl adjacent to an activating group) is 2. The van der Waals surface area contributed by atoms with Crippen molar-refractivity contribution in [2.75, 3.05) is 259 Å². The van der Waals surface area contributed by atoms with Crippen LogP contribution >= 0.6 is 11.6 Å². The number of anilines is 11. The number of carbonyl (C=O) groups is 4. The molecule has 4 aromatic heterocycles. The van der Waals surface area contributed by atoms with Gasteiger partial charge in [0.2, 0.25) is 70.7 Å².